The number of rotatable bonds is 3. The van der Waals surface area contributed by atoms with E-state index in [-0.39, 0.29) is 21.2 Å². The van der Waals surface area contributed by atoms with Crippen LogP contribution in [-0.4, -0.2) is 23.8 Å². The van der Waals surface area contributed by atoms with Crippen LogP contribution in [0, 0.1) is 0 Å². The molecule has 0 unspecified atom stereocenters. The molecule has 0 aliphatic carbocycles. The fraction of sp³-hybridized carbons (Fsp3) is 0. The highest BCUT2D eigenvalue weighted by Crippen LogP contribution is 2.39. The lowest BCUT2D eigenvalue weighted by Crippen LogP contribution is -2.51. The Morgan fingerprint density at radius 2 is 1.63 bits per heavy atom. The molecule has 0 bridgehead atoms. The first-order chi connectivity index (χ1) is 14.3. The van der Waals surface area contributed by atoms with E-state index in [4.69, 9.17) is 27.9 Å². The predicted octanol–water partition coefficient (Wildman–Crippen LogP) is 4.18. The molecule has 4 rings (SSSR count). The van der Waals surface area contributed by atoms with Crippen LogP contribution in [0.1, 0.15) is 15.2 Å². The number of hydrogen-bond acceptors (Lipinski definition) is 6. The van der Waals surface area contributed by atoms with Crippen molar-refractivity contribution >= 4 is 74.5 Å². The number of carbonyl (C=O) groups is 4. The zero-order chi connectivity index (χ0) is 21.4. The normalized spacial score (nSPS) is 13.8. The Hall–Kier alpha value is -3.20. The zero-order valence-electron chi connectivity index (χ0n) is 14.8. The molecule has 30 heavy (non-hydrogen) atoms. The standard InChI is InChI=1S/C20H10Cl2N2O5S/c21-12-2-1-3-13-14(12)15(22)16(30-13)19(27)29-10-6-4-9(5-7-10)8-11-17(25)23-20(28)24-18(11)26/h1-8H,(H2,23,24,25,26,28). The minimum atomic E-state index is -0.870. The van der Waals surface area contributed by atoms with Crippen LogP contribution < -0.4 is 15.4 Å². The Kier molecular flexibility index (Phi) is 5.29. The Morgan fingerprint density at radius 3 is 2.27 bits per heavy atom. The quantitative estimate of drug-likeness (QED) is 0.264. The van der Waals surface area contributed by atoms with Crippen molar-refractivity contribution in [2.45, 2.75) is 0 Å². The average molecular weight is 461 g/mol. The summed E-state index contributed by atoms with van der Waals surface area (Å²) >= 11 is 13.6. The summed E-state index contributed by atoms with van der Waals surface area (Å²) in [5.41, 5.74) is 0.282. The summed E-state index contributed by atoms with van der Waals surface area (Å²) < 4.78 is 6.14. The molecule has 1 aromatic heterocycles. The van der Waals surface area contributed by atoms with E-state index in [0.717, 1.165) is 4.70 Å². The Balaban J connectivity index is 1.54. The second-order valence-corrected chi connectivity index (χ2v) is 7.95. The number of nitrogens with one attached hydrogen (secondary N) is 2. The van der Waals surface area contributed by atoms with Gasteiger partial charge in [-0.1, -0.05) is 41.4 Å². The average Bonchev–Trinajstić information content (AvgIpc) is 3.04. The van der Waals surface area contributed by atoms with E-state index < -0.39 is 23.8 Å². The fourth-order valence-corrected chi connectivity index (χ4v) is 4.58. The van der Waals surface area contributed by atoms with Gasteiger partial charge in [-0.25, -0.2) is 9.59 Å². The van der Waals surface area contributed by atoms with Gasteiger partial charge in [0.1, 0.15) is 16.2 Å². The van der Waals surface area contributed by atoms with E-state index >= 15 is 0 Å². The predicted molar refractivity (Wildman–Crippen MR) is 113 cm³/mol. The molecule has 0 spiro atoms. The van der Waals surface area contributed by atoms with Gasteiger partial charge in [-0.15, -0.1) is 11.3 Å². The van der Waals surface area contributed by atoms with Crippen LogP contribution in [0.4, 0.5) is 4.79 Å². The number of benzene rings is 2. The molecule has 1 aliphatic heterocycles. The number of barbiturate groups is 1. The molecule has 1 saturated heterocycles. The lowest BCUT2D eigenvalue weighted by atomic mass is 10.1. The highest BCUT2D eigenvalue weighted by Gasteiger charge is 2.27. The number of fused-ring (bicyclic) bond motifs is 1. The maximum Gasteiger partial charge on any atom is 0.355 e. The van der Waals surface area contributed by atoms with E-state index in [9.17, 15) is 19.2 Å². The molecule has 1 aliphatic rings. The lowest BCUT2D eigenvalue weighted by Gasteiger charge is -2.13. The van der Waals surface area contributed by atoms with Gasteiger partial charge in [-0.3, -0.25) is 20.2 Å². The number of imide groups is 2. The minimum Gasteiger partial charge on any atom is -0.422 e. The topological polar surface area (TPSA) is 102 Å². The van der Waals surface area contributed by atoms with Crippen molar-refractivity contribution < 1.29 is 23.9 Å². The van der Waals surface area contributed by atoms with Crippen LogP contribution in [0.15, 0.2) is 48.0 Å². The van der Waals surface area contributed by atoms with Gasteiger partial charge in [-0.2, -0.15) is 0 Å². The number of esters is 1. The molecule has 7 nitrogen and oxygen atoms in total. The molecule has 2 heterocycles. The number of thiophene rings is 1. The first-order valence-electron chi connectivity index (χ1n) is 8.40. The van der Waals surface area contributed by atoms with Gasteiger partial charge in [0.2, 0.25) is 0 Å². The molecular weight excluding hydrogens is 451 g/mol. The van der Waals surface area contributed by atoms with E-state index in [0.29, 0.717) is 16.0 Å². The molecule has 10 heteroatoms. The summed E-state index contributed by atoms with van der Waals surface area (Å²) in [6.45, 7) is 0. The Morgan fingerprint density at radius 1 is 0.967 bits per heavy atom. The van der Waals surface area contributed by atoms with Gasteiger partial charge in [0.15, 0.2) is 0 Å². The Bertz CT molecular complexity index is 1240. The van der Waals surface area contributed by atoms with Crippen LogP contribution in [0.2, 0.25) is 10.0 Å². The van der Waals surface area contributed by atoms with Crippen LogP contribution in [0.3, 0.4) is 0 Å². The molecule has 2 N–H and O–H groups in total. The summed E-state index contributed by atoms with van der Waals surface area (Å²) in [4.78, 5) is 47.4. The number of halogens is 2. The smallest absolute Gasteiger partial charge is 0.355 e. The first kappa shape index (κ1) is 20.1. The van der Waals surface area contributed by atoms with Crippen LogP contribution in [0.5, 0.6) is 5.75 Å². The third-order valence-electron chi connectivity index (χ3n) is 4.14. The third-order valence-corrected chi connectivity index (χ3v) is 6.08. The summed E-state index contributed by atoms with van der Waals surface area (Å²) in [5.74, 6) is -1.97. The third kappa shape index (κ3) is 3.80. The number of ether oxygens (including phenoxy) is 1. The van der Waals surface area contributed by atoms with Crippen molar-refractivity contribution in [1.82, 2.24) is 10.6 Å². The maximum absolute atomic E-state index is 12.5. The van der Waals surface area contributed by atoms with Crippen molar-refractivity contribution in [2.75, 3.05) is 0 Å². The van der Waals surface area contributed by atoms with Crippen molar-refractivity contribution in [3.8, 4) is 5.75 Å². The number of amides is 4. The lowest BCUT2D eigenvalue weighted by molar-refractivity contribution is -0.123. The van der Waals surface area contributed by atoms with E-state index in [2.05, 4.69) is 0 Å². The molecule has 0 atom stereocenters. The van der Waals surface area contributed by atoms with Crippen LogP contribution in [0.25, 0.3) is 16.2 Å². The second kappa shape index (κ2) is 7.91. The highest BCUT2D eigenvalue weighted by atomic mass is 35.5. The first-order valence-corrected chi connectivity index (χ1v) is 9.98. The minimum absolute atomic E-state index is 0.215. The molecule has 2 aromatic carbocycles. The van der Waals surface area contributed by atoms with Gasteiger partial charge in [0.25, 0.3) is 11.8 Å². The fourth-order valence-electron chi connectivity index (χ4n) is 2.76. The van der Waals surface area contributed by atoms with Crippen LogP contribution in [-0.2, 0) is 9.59 Å². The number of urea groups is 1. The molecule has 0 saturated carbocycles. The van der Waals surface area contributed by atoms with Gasteiger partial charge < -0.3 is 4.74 Å². The zero-order valence-corrected chi connectivity index (χ0v) is 17.2. The summed E-state index contributed by atoms with van der Waals surface area (Å²) in [6, 6.07) is 10.5. The monoisotopic (exact) mass is 460 g/mol. The molecule has 150 valence electrons. The van der Waals surface area contributed by atoms with Crippen molar-refractivity contribution in [3.05, 3.63) is 68.5 Å². The molecule has 3 aromatic rings. The van der Waals surface area contributed by atoms with Gasteiger partial charge in [0, 0.05) is 10.1 Å². The van der Waals surface area contributed by atoms with E-state index in [1.54, 1.807) is 24.3 Å². The maximum atomic E-state index is 12.5. The summed E-state index contributed by atoms with van der Waals surface area (Å²) in [5, 5.41) is 5.25. The largest absolute Gasteiger partial charge is 0.422 e. The van der Waals surface area contributed by atoms with Crippen molar-refractivity contribution in [1.29, 1.82) is 0 Å². The number of hydrogen-bond donors (Lipinski definition) is 2. The van der Waals surface area contributed by atoms with Gasteiger partial charge >= 0.3 is 12.0 Å². The van der Waals surface area contributed by atoms with E-state index in [1.807, 2.05) is 16.7 Å². The van der Waals surface area contributed by atoms with Crippen molar-refractivity contribution in [3.63, 3.8) is 0 Å². The van der Waals surface area contributed by atoms with E-state index in [1.165, 1.54) is 29.5 Å². The molecule has 1 fully saturated rings. The van der Waals surface area contributed by atoms with Crippen molar-refractivity contribution in [2.24, 2.45) is 0 Å². The molecular formula is C20H10Cl2N2O5S. The molecule has 0 radical (unpaired) electrons. The number of carbonyl (C=O) groups excluding carboxylic acids is 4. The molecule has 4 amide bonds. The highest BCUT2D eigenvalue weighted by molar-refractivity contribution is 7.21. The SMILES string of the molecule is O=C1NC(=O)C(=Cc2ccc(OC(=O)c3sc4cccc(Cl)c4c3Cl)cc2)C(=O)N1. The van der Waals surface area contributed by atoms with Gasteiger partial charge in [-0.05, 0) is 35.9 Å². The Labute approximate surface area is 183 Å². The summed E-state index contributed by atoms with van der Waals surface area (Å²) in [7, 11) is 0. The van der Waals surface area contributed by atoms with Gasteiger partial charge in [0.05, 0.1) is 10.0 Å². The van der Waals surface area contributed by atoms with Crippen LogP contribution >= 0.6 is 34.5 Å². The summed E-state index contributed by atoms with van der Waals surface area (Å²) in [6.07, 6.45) is 1.31. The second-order valence-electron chi connectivity index (χ2n) is 6.11.